The highest BCUT2D eigenvalue weighted by molar-refractivity contribution is 5.96. The van der Waals surface area contributed by atoms with Crippen molar-refractivity contribution in [3.8, 4) is 17.2 Å². The minimum absolute atomic E-state index is 0. The van der Waals surface area contributed by atoms with Crippen molar-refractivity contribution in [2.24, 2.45) is 0 Å². The number of hydrogen-bond donors (Lipinski definition) is 6. The van der Waals surface area contributed by atoms with Crippen molar-refractivity contribution in [1.29, 1.82) is 5.41 Å². The molecule has 0 spiro atoms. The van der Waals surface area contributed by atoms with Crippen LogP contribution in [0.3, 0.4) is 0 Å². The highest BCUT2D eigenvalue weighted by Crippen LogP contribution is 2.35. The van der Waals surface area contributed by atoms with Gasteiger partial charge in [-0.2, -0.15) is 0 Å². The van der Waals surface area contributed by atoms with Crippen molar-refractivity contribution in [3.05, 3.63) is 17.7 Å². The molecule has 6 N–H and O–H groups in total. The highest BCUT2D eigenvalue weighted by Gasteiger charge is 2.10. The molecule has 1 aromatic carbocycles. The highest BCUT2D eigenvalue weighted by atomic mass is 35.5. The van der Waals surface area contributed by atoms with Gasteiger partial charge >= 0.3 is 0 Å². The average Bonchev–Trinajstić information content (AvgIpc) is 2.12. The minimum atomic E-state index is -0.658. The number of rotatable bonds is 1. The molecule has 0 unspecified atom stereocenters. The van der Waals surface area contributed by atoms with E-state index in [1.165, 1.54) is 5.48 Å². The third-order valence-corrected chi connectivity index (χ3v) is 1.47. The summed E-state index contributed by atoms with van der Waals surface area (Å²) in [4.78, 5) is 0. The fourth-order valence-electron chi connectivity index (χ4n) is 0.813. The predicted octanol–water partition coefficient (Wildman–Crippen LogP) is 0.529. The summed E-state index contributed by atoms with van der Waals surface area (Å²) < 4.78 is 0. The number of benzene rings is 1. The standard InChI is InChI=1S/C7H8N2O4.ClH/c8-7(9-13)3-1-4(10)6(12)5(11)2-3;/h1-2,10-13H,(H2,8,9);1H. The summed E-state index contributed by atoms with van der Waals surface area (Å²) in [6, 6.07) is 2.06. The molecule has 7 heteroatoms. The van der Waals surface area contributed by atoms with Crippen LogP contribution in [0.1, 0.15) is 5.56 Å². The number of nitrogens with one attached hydrogen (secondary N) is 2. The van der Waals surface area contributed by atoms with Gasteiger partial charge in [0.05, 0.1) is 0 Å². The summed E-state index contributed by atoms with van der Waals surface area (Å²) in [7, 11) is 0. The van der Waals surface area contributed by atoms with E-state index in [0.29, 0.717) is 0 Å². The molecule has 78 valence electrons. The molecule has 1 aromatic rings. The van der Waals surface area contributed by atoms with E-state index in [0.717, 1.165) is 12.1 Å². The lowest BCUT2D eigenvalue weighted by Crippen LogP contribution is -2.18. The number of amidine groups is 1. The van der Waals surface area contributed by atoms with Crippen LogP contribution >= 0.6 is 12.4 Å². The molecule has 0 bridgehead atoms. The van der Waals surface area contributed by atoms with Crippen molar-refractivity contribution < 1.29 is 20.5 Å². The van der Waals surface area contributed by atoms with E-state index in [9.17, 15) is 0 Å². The molecular weight excluding hydrogens is 212 g/mol. The van der Waals surface area contributed by atoms with Gasteiger partial charge in [-0.05, 0) is 12.1 Å². The summed E-state index contributed by atoms with van der Waals surface area (Å²) in [5, 5.41) is 42.4. The Morgan fingerprint density at radius 1 is 1.14 bits per heavy atom. The Balaban J connectivity index is 0.00000169. The van der Waals surface area contributed by atoms with Crippen molar-refractivity contribution in [2.45, 2.75) is 0 Å². The minimum Gasteiger partial charge on any atom is -0.504 e. The molecule has 0 fully saturated rings. The lowest BCUT2D eigenvalue weighted by atomic mass is 10.1. The normalized spacial score (nSPS) is 8.93. The lowest BCUT2D eigenvalue weighted by Gasteiger charge is -2.05. The second-order valence-electron chi connectivity index (χ2n) is 2.35. The molecule has 0 aliphatic carbocycles. The molecule has 0 aromatic heterocycles. The van der Waals surface area contributed by atoms with E-state index >= 15 is 0 Å². The SMILES string of the molecule is Cl.N=C(NO)c1cc(O)c(O)c(O)c1. The van der Waals surface area contributed by atoms with E-state index in [4.69, 9.17) is 25.9 Å². The number of halogens is 1. The van der Waals surface area contributed by atoms with Gasteiger partial charge in [0.2, 0.25) is 0 Å². The Morgan fingerprint density at radius 2 is 1.57 bits per heavy atom. The zero-order valence-electron chi connectivity index (χ0n) is 6.85. The maximum atomic E-state index is 9.01. The zero-order chi connectivity index (χ0) is 10.0. The van der Waals surface area contributed by atoms with Gasteiger partial charge < -0.3 is 15.3 Å². The van der Waals surface area contributed by atoms with Gasteiger partial charge in [0.25, 0.3) is 0 Å². The summed E-state index contributed by atoms with van der Waals surface area (Å²) in [5.41, 5.74) is 1.59. The monoisotopic (exact) mass is 220 g/mol. The molecule has 0 saturated carbocycles. The third-order valence-electron chi connectivity index (χ3n) is 1.47. The van der Waals surface area contributed by atoms with Crippen molar-refractivity contribution >= 4 is 18.2 Å². The molecule has 0 amide bonds. The van der Waals surface area contributed by atoms with Crippen LogP contribution in [0.15, 0.2) is 12.1 Å². The largest absolute Gasteiger partial charge is 0.504 e. The Morgan fingerprint density at radius 3 is 1.93 bits per heavy atom. The molecule has 6 nitrogen and oxygen atoms in total. The van der Waals surface area contributed by atoms with Gasteiger partial charge in [-0.3, -0.25) is 16.1 Å². The van der Waals surface area contributed by atoms with Gasteiger partial charge in [-0.25, -0.2) is 0 Å². The number of hydroxylamine groups is 1. The average molecular weight is 221 g/mol. The second-order valence-corrected chi connectivity index (χ2v) is 2.35. The van der Waals surface area contributed by atoms with Crippen molar-refractivity contribution in [1.82, 2.24) is 5.48 Å². The van der Waals surface area contributed by atoms with Crippen LogP contribution < -0.4 is 5.48 Å². The topological polar surface area (TPSA) is 117 Å². The fraction of sp³-hybridized carbons (Fsp3) is 0. The molecule has 0 radical (unpaired) electrons. The van der Waals surface area contributed by atoms with Crippen LogP contribution in [0.4, 0.5) is 0 Å². The van der Waals surface area contributed by atoms with Crippen LogP contribution in [0.2, 0.25) is 0 Å². The van der Waals surface area contributed by atoms with Crippen LogP contribution in [0.5, 0.6) is 17.2 Å². The predicted molar refractivity (Wildman–Crippen MR) is 50.4 cm³/mol. The molecule has 0 aliphatic rings. The van der Waals surface area contributed by atoms with Gasteiger partial charge in [0, 0.05) is 5.56 Å². The van der Waals surface area contributed by atoms with Crippen LogP contribution in [-0.4, -0.2) is 26.4 Å². The first-order valence-corrected chi connectivity index (χ1v) is 3.30. The molecule has 0 atom stereocenters. The van der Waals surface area contributed by atoms with E-state index in [-0.39, 0.29) is 18.0 Å². The first-order valence-electron chi connectivity index (χ1n) is 3.30. The summed E-state index contributed by atoms with van der Waals surface area (Å²) in [6.07, 6.45) is 0. The van der Waals surface area contributed by atoms with Gasteiger partial charge in [0.1, 0.15) is 5.84 Å². The number of phenols is 3. The number of phenolic OH excluding ortho intramolecular Hbond substituents is 3. The molecule has 0 heterocycles. The van der Waals surface area contributed by atoms with E-state index < -0.39 is 23.1 Å². The molecule has 14 heavy (non-hydrogen) atoms. The molecule has 0 aliphatic heterocycles. The van der Waals surface area contributed by atoms with Crippen LogP contribution in [0.25, 0.3) is 0 Å². The first-order chi connectivity index (χ1) is 6.06. The lowest BCUT2D eigenvalue weighted by molar-refractivity contribution is 0.234. The Hall–Kier alpha value is -1.66. The summed E-state index contributed by atoms with van der Waals surface area (Å²) >= 11 is 0. The Kier molecular flexibility index (Phi) is 4.00. The van der Waals surface area contributed by atoms with Crippen molar-refractivity contribution in [2.75, 3.05) is 0 Å². The summed E-state index contributed by atoms with van der Waals surface area (Å²) in [5.74, 6) is -2.18. The smallest absolute Gasteiger partial charge is 0.200 e. The quantitative estimate of drug-likeness (QED) is 0.179. The van der Waals surface area contributed by atoms with Gasteiger partial charge in [0.15, 0.2) is 17.2 Å². The Labute approximate surface area is 85.3 Å². The summed E-state index contributed by atoms with van der Waals surface area (Å²) in [6.45, 7) is 0. The zero-order valence-corrected chi connectivity index (χ0v) is 7.67. The molecule has 1 rings (SSSR count). The van der Waals surface area contributed by atoms with E-state index in [1.54, 1.807) is 0 Å². The van der Waals surface area contributed by atoms with Crippen molar-refractivity contribution in [3.63, 3.8) is 0 Å². The molecular formula is C7H9ClN2O4. The second kappa shape index (κ2) is 4.54. The first kappa shape index (κ1) is 12.3. The van der Waals surface area contributed by atoms with Gasteiger partial charge in [-0.1, -0.05) is 0 Å². The Bertz CT molecular complexity index is 333. The maximum absolute atomic E-state index is 9.01. The van der Waals surface area contributed by atoms with E-state index in [1.807, 2.05) is 0 Å². The third kappa shape index (κ3) is 2.18. The van der Waals surface area contributed by atoms with E-state index in [2.05, 4.69) is 0 Å². The fourth-order valence-corrected chi connectivity index (χ4v) is 0.813. The van der Waals surface area contributed by atoms with Crippen LogP contribution in [0, 0.1) is 5.41 Å². The number of aromatic hydroxyl groups is 3. The molecule has 0 saturated heterocycles. The van der Waals surface area contributed by atoms with Gasteiger partial charge in [-0.15, -0.1) is 12.4 Å². The van der Waals surface area contributed by atoms with Crippen LogP contribution in [-0.2, 0) is 0 Å². The number of hydrogen-bond acceptors (Lipinski definition) is 5. The maximum Gasteiger partial charge on any atom is 0.200 e.